The van der Waals surface area contributed by atoms with Crippen molar-refractivity contribution in [3.05, 3.63) is 22.4 Å². The van der Waals surface area contributed by atoms with Crippen LogP contribution in [-0.2, 0) is 10.0 Å². The van der Waals surface area contributed by atoms with Gasteiger partial charge in [-0.25, -0.2) is 17.5 Å². The van der Waals surface area contributed by atoms with Gasteiger partial charge in [0.2, 0.25) is 10.0 Å². The molecule has 0 saturated heterocycles. The van der Waals surface area contributed by atoms with Gasteiger partial charge in [-0.2, -0.15) is 0 Å². The molecule has 112 valence electrons. The van der Waals surface area contributed by atoms with Crippen molar-refractivity contribution in [3.63, 3.8) is 0 Å². The lowest BCUT2D eigenvalue weighted by Crippen LogP contribution is -2.47. The van der Waals surface area contributed by atoms with E-state index in [1.807, 2.05) is 6.92 Å². The molecule has 1 fully saturated rings. The van der Waals surface area contributed by atoms with Crippen LogP contribution in [0.5, 0.6) is 0 Å². The topological polar surface area (TPSA) is 72.2 Å². The Balaban J connectivity index is 2.33. The van der Waals surface area contributed by atoms with Crippen molar-refractivity contribution in [2.45, 2.75) is 49.5 Å². The van der Waals surface area contributed by atoms with Crippen molar-refractivity contribution in [2.75, 3.05) is 5.73 Å². The highest BCUT2D eigenvalue weighted by atomic mass is 79.9. The molecule has 4 nitrogen and oxygen atoms in total. The Bertz CT molecular complexity index is 613. The number of anilines is 1. The fourth-order valence-corrected chi connectivity index (χ4v) is 4.44. The summed E-state index contributed by atoms with van der Waals surface area (Å²) in [5.41, 5.74) is 5.33. The Kier molecular flexibility index (Phi) is 4.41. The Morgan fingerprint density at radius 3 is 2.50 bits per heavy atom. The molecule has 1 aromatic carbocycles. The Morgan fingerprint density at radius 1 is 1.30 bits per heavy atom. The molecule has 2 rings (SSSR count). The first-order valence-electron chi connectivity index (χ1n) is 6.52. The van der Waals surface area contributed by atoms with Crippen molar-refractivity contribution in [3.8, 4) is 0 Å². The third kappa shape index (κ3) is 3.32. The van der Waals surface area contributed by atoms with Gasteiger partial charge < -0.3 is 5.73 Å². The second-order valence-corrected chi connectivity index (χ2v) is 8.04. The molecule has 0 atom stereocenters. The van der Waals surface area contributed by atoms with E-state index in [9.17, 15) is 12.8 Å². The van der Waals surface area contributed by atoms with Gasteiger partial charge in [-0.3, -0.25) is 0 Å². The molecule has 0 aromatic heterocycles. The summed E-state index contributed by atoms with van der Waals surface area (Å²) in [6.07, 6.45) is 4.59. The highest BCUT2D eigenvalue weighted by Gasteiger charge is 2.33. The molecule has 1 aromatic rings. The maximum atomic E-state index is 13.9. The molecule has 3 N–H and O–H groups in total. The summed E-state index contributed by atoms with van der Waals surface area (Å²) in [5, 5.41) is 0. The summed E-state index contributed by atoms with van der Waals surface area (Å²) in [4.78, 5) is -0.398. The SMILES string of the molecule is CC1(NS(=O)(=O)c2cc(N)c(Br)cc2F)CCCCC1. The third-order valence-electron chi connectivity index (χ3n) is 3.68. The first-order chi connectivity index (χ1) is 9.23. The molecule has 0 heterocycles. The molecule has 0 radical (unpaired) electrons. The summed E-state index contributed by atoms with van der Waals surface area (Å²) in [6.45, 7) is 1.86. The monoisotopic (exact) mass is 364 g/mol. The fourth-order valence-electron chi connectivity index (χ4n) is 2.56. The molecular weight excluding hydrogens is 347 g/mol. The average Bonchev–Trinajstić information content (AvgIpc) is 2.33. The van der Waals surface area contributed by atoms with Gasteiger partial charge in [-0.1, -0.05) is 19.3 Å². The van der Waals surface area contributed by atoms with Gasteiger partial charge in [0.05, 0.1) is 0 Å². The van der Waals surface area contributed by atoms with Crippen LogP contribution in [0.3, 0.4) is 0 Å². The number of sulfonamides is 1. The smallest absolute Gasteiger partial charge is 0.244 e. The molecule has 7 heteroatoms. The van der Waals surface area contributed by atoms with Crippen LogP contribution < -0.4 is 10.5 Å². The first-order valence-corrected chi connectivity index (χ1v) is 8.80. The minimum atomic E-state index is -3.91. The lowest BCUT2D eigenvalue weighted by Gasteiger charge is -2.34. The van der Waals surface area contributed by atoms with E-state index in [2.05, 4.69) is 20.7 Å². The molecule has 1 saturated carbocycles. The van der Waals surface area contributed by atoms with Gasteiger partial charge in [0.25, 0.3) is 0 Å². The zero-order valence-corrected chi connectivity index (χ0v) is 13.7. The fraction of sp³-hybridized carbons (Fsp3) is 0.538. The van der Waals surface area contributed by atoms with Crippen LogP contribution in [0.15, 0.2) is 21.5 Å². The van der Waals surface area contributed by atoms with Gasteiger partial charge in [-0.05, 0) is 47.8 Å². The van der Waals surface area contributed by atoms with E-state index in [4.69, 9.17) is 5.73 Å². The van der Waals surface area contributed by atoms with Gasteiger partial charge in [0, 0.05) is 15.7 Å². The third-order valence-corrected chi connectivity index (χ3v) is 6.02. The van der Waals surface area contributed by atoms with Crippen molar-refractivity contribution >= 4 is 31.6 Å². The second-order valence-electron chi connectivity index (χ2n) is 5.53. The van der Waals surface area contributed by atoms with E-state index in [-0.39, 0.29) is 5.69 Å². The van der Waals surface area contributed by atoms with E-state index in [0.717, 1.165) is 44.2 Å². The molecule has 0 unspecified atom stereocenters. The normalized spacial score (nSPS) is 18.9. The van der Waals surface area contributed by atoms with Crippen LogP contribution in [0.4, 0.5) is 10.1 Å². The van der Waals surface area contributed by atoms with E-state index in [1.165, 1.54) is 0 Å². The number of hydrogen-bond donors (Lipinski definition) is 2. The predicted molar refractivity (Wildman–Crippen MR) is 80.3 cm³/mol. The van der Waals surface area contributed by atoms with E-state index < -0.39 is 26.3 Å². The summed E-state index contributed by atoms with van der Waals surface area (Å²) >= 11 is 3.08. The minimum Gasteiger partial charge on any atom is -0.398 e. The Morgan fingerprint density at radius 2 is 1.90 bits per heavy atom. The molecule has 0 amide bonds. The summed E-state index contributed by atoms with van der Waals surface area (Å²) in [6, 6.07) is 2.22. The van der Waals surface area contributed by atoms with Crippen molar-refractivity contribution in [1.82, 2.24) is 4.72 Å². The highest BCUT2D eigenvalue weighted by Crippen LogP contribution is 2.31. The molecule has 20 heavy (non-hydrogen) atoms. The number of nitrogen functional groups attached to an aromatic ring is 1. The van der Waals surface area contributed by atoms with Crippen molar-refractivity contribution in [2.24, 2.45) is 0 Å². The highest BCUT2D eigenvalue weighted by molar-refractivity contribution is 9.10. The molecule has 0 bridgehead atoms. The van der Waals surface area contributed by atoms with Crippen LogP contribution in [0.25, 0.3) is 0 Å². The number of hydrogen-bond acceptors (Lipinski definition) is 3. The van der Waals surface area contributed by atoms with Crippen LogP contribution in [-0.4, -0.2) is 14.0 Å². The van der Waals surface area contributed by atoms with E-state index >= 15 is 0 Å². The number of nitrogens with two attached hydrogens (primary N) is 1. The minimum absolute atomic E-state index is 0.195. The van der Waals surface area contributed by atoms with Crippen LogP contribution >= 0.6 is 15.9 Å². The summed E-state index contributed by atoms with van der Waals surface area (Å²) in [7, 11) is -3.91. The lowest BCUT2D eigenvalue weighted by atomic mass is 9.84. The lowest BCUT2D eigenvalue weighted by molar-refractivity contribution is 0.293. The molecule has 0 aliphatic heterocycles. The number of nitrogens with one attached hydrogen (secondary N) is 1. The summed E-state index contributed by atoms with van der Waals surface area (Å²) in [5.74, 6) is -0.807. The maximum Gasteiger partial charge on any atom is 0.244 e. The maximum absolute atomic E-state index is 13.9. The number of rotatable bonds is 3. The number of benzene rings is 1. The molecule has 1 aliphatic carbocycles. The first kappa shape index (κ1) is 15.7. The predicted octanol–water partition coefficient (Wildman–Crippen LogP) is 3.17. The summed E-state index contributed by atoms with van der Waals surface area (Å²) < 4.78 is 41.6. The molecule has 1 aliphatic rings. The Labute approximate surface area is 127 Å². The quantitative estimate of drug-likeness (QED) is 0.809. The van der Waals surface area contributed by atoms with Gasteiger partial charge in [0.15, 0.2) is 0 Å². The van der Waals surface area contributed by atoms with Gasteiger partial charge in [-0.15, -0.1) is 0 Å². The van der Waals surface area contributed by atoms with Gasteiger partial charge >= 0.3 is 0 Å². The van der Waals surface area contributed by atoms with E-state index in [0.29, 0.717) is 4.47 Å². The largest absolute Gasteiger partial charge is 0.398 e. The second kappa shape index (κ2) is 5.61. The Hall–Kier alpha value is -0.660. The zero-order valence-electron chi connectivity index (χ0n) is 11.2. The zero-order chi connectivity index (χ0) is 15.0. The molecule has 0 spiro atoms. The molecular formula is C13H18BrFN2O2S. The average molecular weight is 365 g/mol. The van der Waals surface area contributed by atoms with Crippen LogP contribution in [0.1, 0.15) is 39.0 Å². The van der Waals surface area contributed by atoms with Crippen molar-refractivity contribution < 1.29 is 12.8 Å². The van der Waals surface area contributed by atoms with Crippen LogP contribution in [0.2, 0.25) is 0 Å². The standard InChI is InChI=1S/C13H18BrFN2O2S/c1-13(5-3-2-4-6-13)17-20(18,19)12-8-11(16)9(14)7-10(12)15/h7-8,17H,2-6,16H2,1H3. The number of halogens is 2. The van der Waals surface area contributed by atoms with E-state index in [1.54, 1.807) is 0 Å². The van der Waals surface area contributed by atoms with Crippen LogP contribution in [0, 0.1) is 5.82 Å². The van der Waals surface area contributed by atoms with Gasteiger partial charge in [0.1, 0.15) is 10.7 Å². The van der Waals surface area contributed by atoms with Crippen molar-refractivity contribution in [1.29, 1.82) is 0 Å².